The number of phenols is 2. The van der Waals surface area contributed by atoms with E-state index in [1.54, 1.807) is 50.2 Å². The van der Waals surface area contributed by atoms with Crippen LogP contribution in [0.5, 0.6) is 11.5 Å². The van der Waals surface area contributed by atoms with Gasteiger partial charge in [0.2, 0.25) is 0 Å². The third kappa shape index (κ3) is 3.93. The lowest BCUT2D eigenvalue weighted by Crippen LogP contribution is -2.14. The zero-order chi connectivity index (χ0) is 21.5. The third-order valence-corrected chi connectivity index (χ3v) is 6.42. The molecule has 0 radical (unpaired) electrons. The summed E-state index contributed by atoms with van der Waals surface area (Å²) in [5.74, 6) is 0.0573. The minimum Gasteiger partial charge on any atom is -0.507 e. The van der Waals surface area contributed by atoms with Crippen molar-refractivity contribution in [2.45, 2.75) is 39.5 Å². The molecule has 0 aliphatic heterocycles. The first-order valence-corrected chi connectivity index (χ1v) is 10.7. The van der Waals surface area contributed by atoms with Gasteiger partial charge >= 0.3 is 0 Å². The summed E-state index contributed by atoms with van der Waals surface area (Å²) in [5.41, 5.74) is 4.96. The second-order valence-corrected chi connectivity index (χ2v) is 9.17. The zero-order valence-electron chi connectivity index (χ0n) is 17.2. The highest BCUT2D eigenvalue weighted by atomic mass is 32.2. The molecule has 0 aliphatic carbocycles. The van der Waals surface area contributed by atoms with Crippen molar-refractivity contribution in [1.29, 1.82) is 0 Å². The predicted octanol–water partition coefficient (Wildman–Crippen LogP) is 5.11. The van der Waals surface area contributed by atoms with Gasteiger partial charge in [0, 0.05) is 11.1 Å². The number of phenolic OH excluding ortho intramolecular Hbond substituents is 2. The van der Waals surface area contributed by atoms with Crippen molar-refractivity contribution < 1.29 is 18.6 Å². The van der Waals surface area contributed by atoms with Crippen LogP contribution in [0.15, 0.2) is 47.4 Å². The lowest BCUT2D eigenvalue weighted by atomic mass is 9.91. The second kappa shape index (κ2) is 7.44. The summed E-state index contributed by atoms with van der Waals surface area (Å²) in [6.07, 6.45) is 0. The molecule has 3 aromatic carbocycles. The molecule has 29 heavy (non-hydrogen) atoms. The first kappa shape index (κ1) is 20.7. The second-order valence-electron chi connectivity index (χ2n) is 7.48. The minimum atomic E-state index is -3.80. The molecule has 3 aromatic rings. The van der Waals surface area contributed by atoms with Gasteiger partial charge in [-0.15, -0.1) is 0 Å². The summed E-state index contributed by atoms with van der Waals surface area (Å²) in [6.45, 7) is 9.03. The molecule has 0 aromatic heterocycles. The van der Waals surface area contributed by atoms with E-state index < -0.39 is 10.0 Å². The Morgan fingerprint density at radius 1 is 0.759 bits per heavy atom. The maximum absolute atomic E-state index is 12.9. The molecule has 0 saturated heterocycles. The molecule has 0 bridgehead atoms. The summed E-state index contributed by atoms with van der Waals surface area (Å²) in [6, 6.07) is 11.7. The smallest absolute Gasteiger partial charge is 0.261 e. The molecule has 3 N–H and O–H groups in total. The Kier molecular flexibility index (Phi) is 5.32. The Morgan fingerprint density at radius 3 is 1.97 bits per heavy atom. The Hall–Kier alpha value is -2.99. The van der Waals surface area contributed by atoms with Crippen LogP contribution in [0.3, 0.4) is 0 Å². The van der Waals surface area contributed by atoms with Crippen LogP contribution in [0.25, 0.3) is 11.1 Å². The molecule has 0 atom stereocenters. The fourth-order valence-corrected chi connectivity index (χ4v) is 4.62. The number of aromatic hydroxyl groups is 2. The number of benzene rings is 3. The average molecular weight is 412 g/mol. The van der Waals surface area contributed by atoms with Gasteiger partial charge in [-0.1, -0.05) is 23.8 Å². The summed E-state index contributed by atoms with van der Waals surface area (Å²) in [4.78, 5) is 0.157. The molecule has 0 spiro atoms. The Morgan fingerprint density at radius 2 is 1.38 bits per heavy atom. The summed E-state index contributed by atoms with van der Waals surface area (Å²) >= 11 is 0. The van der Waals surface area contributed by atoms with E-state index in [4.69, 9.17) is 0 Å². The minimum absolute atomic E-state index is 0.0167. The van der Waals surface area contributed by atoms with Gasteiger partial charge in [0.05, 0.1) is 10.6 Å². The highest BCUT2D eigenvalue weighted by molar-refractivity contribution is 7.92. The maximum atomic E-state index is 12.9. The van der Waals surface area contributed by atoms with E-state index in [-0.39, 0.29) is 16.4 Å². The molecular weight excluding hydrogens is 386 g/mol. The van der Waals surface area contributed by atoms with Gasteiger partial charge in [0.25, 0.3) is 10.0 Å². The van der Waals surface area contributed by atoms with Gasteiger partial charge in [-0.3, -0.25) is 4.72 Å². The van der Waals surface area contributed by atoms with Crippen LogP contribution in [-0.2, 0) is 10.0 Å². The van der Waals surface area contributed by atoms with Gasteiger partial charge in [-0.25, -0.2) is 8.42 Å². The average Bonchev–Trinajstić information content (AvgIpc) is 2.62. The first-order chi connectivity index (χ1) is 13.5. The van der Waals surface area contributed by atoms with Crippen molar-refractivity contribution in [3.63, 3.8) is 0 Å². The van der Waals surface area contributed by atoms with E-state index in [1.807, 2.05) is 26.8 Å². The van der Waals surface area contributed by atoms with Gasteiger partial charge in [0.15, 0.2) is 0 Å². The number of nitrogens with one attached hydrogen (secondary N) is 1. The number of hydrogen-bond donors (Lipinski definition) is 3. The number of anilines is 1. The summed E-state index contributed by atoms with van der Waals surface area (Å²) in [7, 11) is -3.80. The van der Waals surface area contributed by atoms with E-state index in [2.05, 4.69) is 4.72 Å². The van der Waals surface area contributed by atoms with Gasteiger partial charge in [-0.2, -0.15) is 0 Å². The van der Waals surface area contributed by atoms with Crippen molar-refractivity contribution >= 4 is 15.7 Å². The molecule has 0 amide bonds. The van der Waals surface area contributed by atoms with Crippen molar-refractivity contribution in [3.05, 3.63) is 70.3 Å². The van der Waals surface area contributed by atoms with E-state index in [1.165, 1.54) is 0 Å². The van der Waals surface area contributed by atoms with Crippen molar-refractivity contribution in [2.75, 3.05) is 4.72 Å². The highest BCUT2D eigenvalue weighted by Gasteiger charge is 2.22. The zero-order valence-corrected chi connectivity index (χ0v) is 18.0. The lowest BCUT2D eigenvalue weighted by molar-refractivity contribution is 0.466. The molecule has 0 fully saturated rings. The highest BCUT2D eigenvalue weighted by Crippen LogP contribution is 2.44. The fourth-order valence-electron chi connectivity index (χ4n) is 3.51. The monoisotopic (exact) mass is 411 g/mol. The van der Waals surface area contributed by atoms with Gasteiger partial charge < -0.3 is 10.2 Å². The molecule has 5 nitrogen and oxygen atoms in total. The normalized spacial score (nSPS) is 11.5. The first-order valence-electron chi connectivity index (χ1n) is 9.24. The standard InChI is InChI=1S/C23H25NO4S/c1-13-6-8-18(9-7-13)29(27,28)24-19-12-16(4)23(26)22(17(19)5)21-15(3)10-14(2)11-20(21)25/h6-12,24-26H,1-5H3. The van der Waals surface area contributed by atoms with Crippen LogP contribution in [0, 0.1) is 34.6 Å². The molecule has 0 heterocycles. The van der Waals surface area contributed by atoms with Crippen LogP contribution in [0.2, 0.25) is 0 Å². The summed E-state index contributed by atoms with van der Waals surface area (Å²) < 4.78 is 28.4. The molecule has 0 aliphatic rings. The van der Waals surface area contributed by atoms with Crippen LogP contribution < -0.4 is 4.72 Å². The van der Waals surface area contributed by atoms with E-state index >= 15 is 0 Å². The van der Waals surface area contributed by atoms with E-state index in [0.29, 0.717) is 27.9 Å². The SMILES string of the molecule is Cc1ccc(S(=O)(=O)Nc2cc(C)c(O)c(-c3c(C)cc(C)cc3O)c2C)cc1. The van der Waals surface area contributed by atoms with Gasteiger partial charge in [-0.05, 0) is 81.1 Å². The molecule has 3 rings (SSSR count). The third-order valence-electron chi connectivity index (χ3n) is 5.03. The Balaban J connectivity index is 2.17. The molecule has 0 saturated carbocycles. The number of hydrogen-bond acceptors (Lipinski definition) is 4. The van der Waals surface area contributed by atoms with Crippen LogP contribution >= 0.6 is 0 Å². The van der Waals surface area contributed by atoms with Crippen molar-refractivity contribution in [1.82, 2.24) is 0 Å². The largest absolute Gasteiger partial charge is 0.507 e. The Bertz CT molecular complexity index is 1170. The van der Waals surface area contributed by atoms with Crippen molar-refractivity contribution in [3.8, 4) is 22.6 Å². The number of rotatable bonds is 4. The van der Waals surface area contributed by atoms with Crippen LogP contribution in [-0.4, -0.2) is 18.6 Å². The molecule has 0 unspecified atom stereocenters. The predicted molar refractivity (Wildman–Crippen MR) is 116 cm³/mol. The fraction of sp³-hybridized carbons (Fsp3) is 0.217. The Labute approximate surface area is 171 Å². The lowest BCUT2D eigenvalue weighted by Gasteiger charge is -2.20. The molecular formula is C23H25NO4S. The topological polar surface area (TPSA) is 86.6 Å². The van der Waals surface area contributed by atoms with Crippen molar-refractivity contribution in [2.24, 2.45) is 0 Å². The number of aryl methyl sites for hydroxylation is 4. The molecule has 6 heteroatoms. The maximum Gasteiger partial charge on any atom is 0.261 e. The quantitative estimate of drug-likeness (QED) is 0.521. The summed E-state index contributed by atoms with van der Waals surface area (Å²) in [5, 5.41) is 21.3. The van der Waals surface area contributed by atoms with Crippen LogP contribution in [0.1, 0.15) is 27.8 Å². The van der Waals surface area contributed by atoms with E-state index in [9.17, 15) is 18.6 Å². The van der Waals surface area contributed by atoms with E-state index in [0.717, 1.165) is 16.7 Å². The number of sulfonamides is 1. The molecule has 152 valence electrons. The van der Waals surface area contributed by atoms with Gasteiger partial charge in [0.1, 0.15) is 11.5 Å². The van der Waals surface area contributed by atoms with Crippen LogP contribution in [0.4, 0.5) is 5.69 Å².